The second-order valence-corrected chi connectivity index (χ2v) is 7.39. The molecule has 0 unspecified atom stereocenters. The number of amides is 2. The van der Waals surface area contributed by atoms with Crippen LogP contribution in [0.2, 0.25) is 0 Å². The third-order valence-electron chi connectivity index (χ3n) is 5.77. The monoisotopic (exact) mass is 358 g/mol. The molecule has 1 aromatic rings. The molecular weight excluding hydrogens is 328 g/mol. The van der Waals surface area contributed by atoms with Crippen molar-refractivity contribution in [1.29, 1.82) is 0 Å². The first kappa shape index (κ1) is 18.8. The van der Waals surface area contributed by atoms with E-state index in [1.165, 1.54) is 0 Å². The molecule has 1 saturated heterocycles. The molecule has 1 aliphatic carbocycles. The third kappa shape index (κ3) is 4.81. The highest BCUT2D eigenvalue weighted by Gasteiger charge is 2.33. The molecule has 1 N–H and O–H groups in total. The van der Waals surface area contributed by atoms with E-state index < -0.39 is 0 Å². The van der Waals surface area contributed by atoms with E-state index in [1.54, 1.807) is 12.4 Å². The van der Waals surface area contributed by atoms with Gasteiger partial charge in [-0.25, -0.2) is 0 Å². The van der Waals surface area contributed by atoms with Crippen LogP contribution in [-0.2, 0) is 16.1 Å². The number of hydrogen-bond donors (Lipinski definition) is 1. The van der Waals surface area contributed by atoms with Gasteiger partial charge in [0.25, 0.3) is 0 Å². The Morgan fingerprint density at radius 1 is 1.12 bits per heavy atom. The number of likely N-dealkylation sites (N-methyl/N-ethyl adjacent to an activating group) is 1. The molecule has 2 amide bonds. The Kier molecular flexibility index (Phi) is 6.61. The first-order valence-electron chi connectivity index (χ1n) is 9.85. The molecular formula is C20H30N4O2. The van der Waals surface area contributed by atoms with Crippen molar-refractivity contribution < 1.29 is 9.59 Å². The van der Waals surface area contributed by atoms with Crippen molar-refractivity contribution in [1.82, 2.24) is 20.1 Å². The molecule has 6 heteroatoms. The number of carbonyl (C=O) groups excluding carboxylic acids is 2. The summed E-state index contributed by atoms with van der Waals surface area (Å²) in [6.07, 6.45) is 6.78. The molecule has 0 atom stereocenters. The predicted octanol–water partition coefficient (Wildman–Crippen LogP) is 1.67. The van der Waals surface area contributed by atoms with Gasteiger partial charge in [-0.05, 0) is 43.9 Å². The Bertz CT molecular complexity index is 591. The number of rotatable bonds is 5. The Morgan fingerprint density at radius 2 is 1.81 bits per heavy atom. The van der Waals surface area contributed by atoms with Crippen LogP contribution in [0.5, 0.6) is 0 Å². The molecule has 2 heterocycles. The van der Waals surface area contributed by atoms with E-state index in [-0.39, 0.29) is 17.7 Å². The van der Waals surface area contributed by atoms with Crippen LogP contribution in [0.1, 0.15) is 38.2 Å². The standard InChI is InChI=1S/C20H30N4O2/c1-2-23-10-12-24(13-11-23)20(26)18-7-5-17(6-8-18)19(25)22-15-16-4-3-9-21-14-16/h3-4,9,14,17-18H,2,5-8,10-13,15H2,1H3,(H,22,25). The highest BCUT2D eigenvalue weighted by atomic mass is 16.2. The van der Waals surface area contributed by atoms with E-state index in [2.05, 4.69) is 22.1 Å². The number of carbonyl (C=O) groups is 2. The number of pyridine rings is 1. The molecule has 1 aliphatic heterocycles. The lowest BCUT2D eigenvalue weighted by Crippen LogP contribution is -2.50. The highest BCUT2D eigenvalue weighted by Crippen LogP contribution is 2.30. The summed E-state index contributed by atoms with van der Waals surface area (Å²) in [5.74, 6) is 0.546. The summed E-state index contributed by atoms with van der Waals surface area (Å²) in [5, 5.41) is 3.01. The van der Waals surface area contributed by atoms with Crippen molar-refractivity contribution in [3.63, 3.8) is 0 Å². The fourth-order valence-electron chi connectivity index (χ4n) is 3.98. The lowest BCUT2D eigenvalue weighted by molar-refractivity contribution is -0.140. The van der Waals surface area contributed by atoms with Gasteiger partial charge in [-0.2, -0.15) is 0 Å². The Morgan fingerprint density at radius 3 is 2.42 bits per heavy atom. The van der Waals surface area contributed by atoms with Gasteiger partial charge in [-0.1, -0.05) is 13.0 Å². The molecule has 3 rings (SSSR count). The van der Waals surface area contributed by atoms with Crippen LogP contribution in [0.3, 0.4) is 0 Å². The van der Waals surface area contributed by atoms with Gasteiger partial charge >= 0.3 is 0 Å². The van der Waals surface area contributed by atoms with E-state index in [0.717, 1.165) is 64.0 Å². The predicted molar refractivity (Wildman–Crippen MR) is 100 cm³/mol. The first-order valence-corrected chi connectivity index (χ1v) is 9.85. The average Bonchev–Trinajstić information content (AvgIpc) is 2.72. The molecule has 6 nitrogen and oxygen atoms in total. The van der Waals surface area contributed by atoms with Crippen LogP contribution in [0.25, 0.3) is 0 Å². The van der Waals surface area contributed by atoms with Crippen molar-refractivity contribution in [2.45, 2.75) is 39.2 Å². The van der Waals surface area contributed by atoms with E-state index in [1.807, 2.05) is 17.0 Å². The zero-order chi connectivity index (χ0) is 18.4. The first-order chi connectivity index (χ1) is 12.7. The quantitative estimate of drug-likeness (QED) is 0.870. The lowest BCUT2D eigenvalue weighted by atomic mass is 9.80. The molecule has 0 spiro atoms. The summed E-state index contributed by atoms with van der Waals surface area (Å²) in [6, 6.07) is 3.83. The van der Waals surface area contributed by atoms with Gasteiger partial charge in [-0.3, -0.25) is 14.6 Å². The maximum Gasteiger partial charge on any atom is 0.225 e. The summed E-state index contributed by atoms with van der Waals surface area (Å²) >= 11 is 0. The summed E-state index contributed by atoms with van der Waals surface area (Å²) in [7, 11) is 0. The van der Waals surface area contributed by atoms with E-state index in [4.69, 9.17) is 0 Å². The number of piperazine rings is 1. The van der Waals surface area contributed by atoms with Crippen molar-refractivity contribution in [2.75, 3.05) is 32.7 Å². The van der Waals surface area contributed by atoms with Gasteiger partial charge in [0.1, 0.15) is 0 Å². The molecule has 1 saturated carbocycles. The van der Waals surface area contributed by atoms with Gasteiger partial charge in [0.15, 0.2) is 0 Å². The number of hydrogen-bond acceptors (Lipinski definition) is 4. The Hall–Kier alpha value is -1.95. The molecule has 142 valence electrons. The van der Waals surface area contributed by atoms with Crippen LogP contribution in [-0.4, -0.2) is 59.3 Å². The molecule has 1 aromatic heterocycles. The normalized spacial score (nSPS) is 24.3. The fourth-order valence-corrected chi connectivity index (χ4v) is 3.98. The second kappa shape index (κ2) is 9.12. The minimum absolute atomic E-state index is 0.0349. The van der Waals surface area contributed by atoms with Crippen molar-refractivity contribution in [3.05, 3.63) is 30.1 Å². The summed E-state index contributed by atoms with van der Waals surface area (Å²) in [4.78, 5) is 33.6. The molecule has 0 bridgehead atoms. The van der Waals surface area contributed by atoms with Crippen LogP contribution < -0.4 is 5.32 Å². The van der Waals surface area contributed by atoms with Crippen molar-refractivity contribution >= 4 is 11.8 Å². The largest absolute Gasteiger partial charge is 0.352 e. The number of aromatic nitrogens is 1. The van der Waals surface area contributed by atoms with Crippen LogP contribution >= 0.6 is 0 Å². The van der Waals surface area contributed by atoms with Crippen molar-refractivity contribution in [2.24, 2.45) is 11.8 Å². The Labute approximate surface area is 156 Å². The maximum atomic E-state index is 12.7. The van der Waals surface area contributed by atoms with E-state index >= 15 is 0 Å². The zero-order valence-electron chi connectivity index (χ0n) is 15.7. The van der Waals surface area contributed by atoms with Crippen molar-refractivity contribution in [3.8, 4) is 0 Å². The van der Waals surface area contributed by atoms with E-state index in [0.29, 0.717) is 12.5 Å². The number of nitrogens with zero attached hydrogens (tertiary/aromatic N) is 3. The summed E-state index contributed by atoms with van der Waals surface area (Å²) in [5.41, 5.74) is 1.01. The topological polar surface area (TPSA) is 65.5 Å². The summed E-state index contributed by atoms with van der Waals surface area (Å²) in [6.45, 7) is 7.39. The molecule has 0 radical (unpaired) electrons. The van der Waals surface area contributed by atoms with Gasteiger partial charge in [0.2, 0.25) is 11.8 Å². The van der Waals surface area contributed by atoms with Crippen LogP contribution in [0.15, 0.2) is 24.5 Å². The van der Waals surface area contributed by atoms with Gasteiger partial charge in [0, 0.05) is 57.0 Å². The lowest BCUT2D eigenvalue weighted by Gasteiger charge is -2.37. The SMILES string of the molecule is CCN1CCN(C(=O)C2CCC(C(=O)NCc3cccnc3)CC2)CC1. The minimum Gasteiger partial charge on any atom is -0.352 e. The molecule has 2 aliphatic rings. The molecule has 2 fully saturated rings. The fraction of sp³-hybridized carbons (Fsp3) is 0.650. The van der Waals surface area contributed by atoms with Gasteiger partial charge < -0.3 is 15.1 Å². The highest BCUT2D eigenvalue weighted by molar-refractivity contribution is 5.81. The Balaban J connectivity index is 1.41. The average molecular weight is 358 g/mol. The second-order valence-electron chi connectivity index (χ2n) is 7.39. The van der Waals surface area contributed by atoms with Crippen LogP contribution in [0, 0.1) is 11.8 Å². The molecule has 26 heavy (non-hydrogen) atoms. The summed E-state index contributed by atoms with van der Waals surface area (Å²) < 4.78 is 0. The van der Waals surface area contributed by atoms with Crippen LogP contribution in [0.4, 0.5) is 0 Å². The minimum atomic E-state index is 0.0349. The smallest absolute Gasteiger partial charge is 0.225 e. The third-order valence-corrected chi connectivity index (χ3v) is 5.77. The maximum absolute atomic E-state index is 12.7. The van der Waals surface area contributed by atoms with Gasteiger partial charge in [-0.15, -0.1) is 0 Å². The number of nitrogens with one attached hydrogen (secondary N) is 1. The molecule has 0 aromatic carbocycles. The van der Waals surface area contributed by atoms with Gasteiger partial charge in [0.05, 0.1) is 0 Å². The van der Waals surface area contributed by atoms with E-state index in [9.17, 15) is 9.59 Å². The zero-order valence-corrected chi connectivity index (χ0v) is 15.7.